The number of aliphatic carboxylic acids is 1. The van der Waals surface area contributed by atoms with E-state index in [-0.39, 0.29) is 11.5 Å². The number of benzene rings is 1. The van der Waals surface area contributed by atoms with Crippen LogP contribution in [0.5, 0.6) is 11.5 Å². The monoisotopic (exact) mass is 250 g/mol. The first kappa shape index (κ1) is 13.4. The zero-order valence-electron chi connectivity index (χ0n) is 9.16. The summed E-state index contributed by atoms with van der Waals surface area (Å²) in [5, 5.41) is 26.5. The van der Waals surface area contributed by atoms with E-state index in [9.17, 15) is 19.5 Å². The fraction of sp³-hybridized carbons (Fsp3) is 0.0833. The fourth-order valence-corrected chi connectivity index (χ4v) is 1.13. The average Bonchev–Trinajstić information content (AvgIpc) is 2.30. The van der Waals surface area contributed by atoms with Crippen molar-refractivity contribution in [1.29, 1.82) is 0 Å². The highest BCUT2D eigenvalue weighted by atomic mass is 16.4. The van der Waals surface area contributed by atoms with Gasteiger partial charge < -0.3 is 15.3 Å². The van der Waals surface area contributed by atoms with Crippen molar-refractivity contribution < 1.29 is 29.7 Å². The van der Waals surface area contributed by atoms with Crippen molar-refractivity contribution >= 4 is 23.6 Å². The van der Waals surface area contributed by atoms with E-state index in [1.54, 1.807) is 0 Å². The molecule has 1 aromatic carbocycles. The molecule has 0 heterocycles. The Morgan fingerprint density at radius 1 is 1.11 bits per heavy atom. The molecule has 1 aromatic rings. The number of aromatic hydroxyl groups is 2. The average molecular weight is 250 g/mol. The van der Waals surface area contributed by atoms with Crippen molar-refractivity contribution in [3.05, 3.63) is 29.8 Å². The predicted octanol–water partition coefficient (Wildman–Crippen LogP) is 0.724. The number of carboxylic acid groups (broad SMARTS) is 1. The quantitative estimate of drug-likeness (QED) is 0.307. The SMILES string of the molecule is O=C(/C=C/c1ccc(O)c(O)c1)CC(=O)C(=O)O. The molecule has 18 heavy (non-hydrogen) atoms. The minimum atomic E-state index is -1.65. The fourth-order valence-electron chi connectivity index (χ4n) is 1.13. The van der Waals surface area contributed by atoms with E-state index in [0.717, 1.165) is 6.08 Å². The van der Waals surface area contributed by atoms with E-state index in [4.69, 9.17) is 10.2 Å². The number of hydrogen-bond donors (Lipinski definition) is 3. The van der Waals surface area contributed by atoms with Crippen LogP contribution in [0.4, 0.5) is 0 Å². The lowest BCUT2D eigenvalue weighted by Crippen LogP contribution is -2.15. The van der Waals surface area contributed by atoms with Crippen LogP contribution in [0.1, 0.15) is 12.0 Å². The largest absolute Gasteiger partial charge is 0.504 e. The molecule has 3 N–H and O–H groups in total. The maximum Gasteiger partial charge on any atom is 0.372 e. The van der Waals surface area contributed by atoms with Crippen LogP contribution in [0.15, 0.2) is 24.3 Å². The summed E-state index contributed by atoms with van der Waals surface area (Å²) in [6, 6.07) is 3.90. The van der Waals surface area contributed by atoms with Gasteiger partial charge in [-0.15, -0.1) is 0 Å². The number of carbonyl (C=O) groups excluding carboxylic acids is 2. The molecule has 0 spiro atoms. The summed E-state index contributed by atoms with van der Waals surface area (Å²) in [6.45, 7) is 0. The zero-order valence-corrected chi connectivity index (χ0v) is 9.16. The zero-order chi connectivity index (χ0) is 13.7. The van der Waals surface area contributed by atoms with Crippen LogP contribution >= 0.6 is 0 Å². The molecule has 0 aliphatic heterocycles. The Hall–Kier alpha value is -2.63. The molecule has 0 aliphatic carbocycles. The number of phenolic OH excluding ortho intramolecular Hbond substituents is 2. The van der Waals surface area contributed by atoms with Crippen molar-refractivity contribution in [2.75, 3.05) is 0 Å². The standard InChI is InChI=1S/C12H10O6/c13-8(6-11(16)12(17)18)3-1-7-2-4-9(14)10(15)5-7/h1-5,14-15H,6H2,(H,17,18)/b3-1+. The third-order valence-electron chi connectivity index (χ3n) is 2.03. The van der Waals surface area contributed by atoms with Gasteiger partial charge in [-0.3, -0.25) is 9.59 Å². The number of rotatable bonds is 5. The van der Waals surface area contributed by atoms with E-state index in [0.29, 0.717) is 5.56 Å². The number of Topliss-reactive ketones (excluding diaryl/α,β-unsaturated/α-hetero) is 1. The van der Waals surface area contributed by atoms with E-state index in [1.807, 2.05) is 0 Å². The minimum absolute atomic E-state index is 0.292. The van der Waals surface area contributed by atoms with Crippen LogP contribution in [0.2, 0.25) is 0 Å². The molecule has 0 atom stereocenters. The van der Waals surface area contributed by atoms with Crippen LogP contribution in [0.25, 0.3) is 6.08 Å². The first-order chi connectivity index (χ1) is 8.40. The first-order valence-corrected chi connectivity index (χ1v) is 4.89. The van der Waals surface area contributed by atoms with Gasteiger partial charge in [-0.1, -0.05) is 12.1 Å². The maximum atomic E-state index is 11.2. The van der Waals surface area contributed by atoms with Crippen molar-refractivity contribution in [1.82, 2.24) is 0 Å². The third-order valence-corrected chi connectivity index (χ3v) is 2.03. The van der Waals surface area contributed by atoms with Crippen LogP contribution < -0.4 is 0 Å². The summed E-state index contributed by atoms with van der Waals surface area (Å²) in [7, 11) is 0. The second-order valence-corrected chi connectivity index (χ2v) is 3.45. The molecule has 0 saturated carbocycles. The normalized spacial score (nSPS) is 10.4. The highest BCUT2D eigenvalue weighted by Gasteiger charge is 2.14. The van der Waals surface area contributed by atoms with Crippen molar-refractivity contribution in [2.45, 2.75) is 6.42 Å². The molecule has 0 aliphatic rings. The molecule has 1 rings (SSSR count). The van der Waals surface area contributed by atoms with Gasteiger partial charge in [0.1, 0.15) is 0 Å². The molecular weight excluding hydrogens is 240 g/mol. The third kappa shape index (κ3) is 3.75. The number of carboxylic acids is 1. The second-order valence-electron chi connectivity index (χ2n) is 3.45. The lowest BCUT2D eigenvalue weighted by Gasteiger charge is -1.98. The Kier molecular flexibility index (Phi) is 4.20. The van der Waals surface area contributed by atoms with Crippen molar-refractivity contribution in [3.63, 3.8) is 0 Å². The summed E-state index contributed by atoms with van der Waals surface area (Å²) in [5.74, 6) is -4.13. The molecule has 0 amide bonds. The number of hydrogen-bond acceptors (Lipinski definition) is 5. The van der Waals surface area contributed by atoms with Gasteiger partial charge in [0.05, 0.1) is 6.42 Å². The molecule has 0 fully saturated rings. The lowest BCUT2D eigenvalue weighted by atomic mass is 10.1. The smallest absolute Gasteiger partial charge is 0.372 e. The van der Waals surface area contributed by atoms with E-state index >= 15 is 0 Å². The Morgan fingerprint density at radius 2 is 1.78 bits per heavy atom. The number of allylic oxidation sites excluding steroid dienone is 1. The summed E-state index contributed by atoms with van der Waals surface area (Å²) < 4.78 is 0. The van der Waals surface area contributed by atoms with Gasteiger partial charge in [0, 0.05) is 0 Å². The second kappa shape index (κ2) is 5.62. The van der Waals surface area contributed by atoms with E-state index in [2.05, 4.69) is 0 Å². The molecule has 94 valence electrons. The van der Waals surface area contributed by atoms with Crippen LogP contribution in [0, 0.1) is 0 Å². The van der Waals surface area contributed by atoms with Crippen LogP contribution in [-0.4, -0.2) is 32.9 Å². The minimum Gasteiger partial charge on any atom is -0.504 e. The predicted molar refractivity (Wildman–Crippen MR) is 61.1 cm³/mol. The number of ketones is 2. The summed E-state index contributed by atoms with van der Waals surface area (Å²) in [4.78, 5) is 32.1. The topological polar surface area (TPSA) is 112 Å². The Labute approximate surface area is 102 Å². The Balaban J connectivity index is 2.69. The molecule has 6 nitrogen and oxygen atoms in total. The maximum absolute atomic E-state index is 11.2. The summed E-state index contributed by atoms with van der Waals surface area (Å²) >= 11 is 0. The molecule has 0 aromatic heterocycles. The van der Waals surface area contributed by atoms with Gasteiger partial charge in [-0.2, -0.15) is 0 Å². The van der Waals surface area contributed by atoms with Gasteiger partial charge in [0.2, 0.25) is 5.78 Å². The molecule has 0 unspecified atom stereocenters. The summed E-state index contributed by atoms with van der Waals surface area (Å²) in [5.41, 5.74) is 0.432. The highest BCUT2D eigenvalue weighted by molar-refractivity contribution is 6.37. The molecular formula is C12H10O6. The molecule has 0 bridgehead atoms. The highest BCUT2D eigenvalue weighted by Crippen LogP contribution is 2.25. The van der Waals surface area contributed by atoms with Gasteiger partial charge >= 0.3 is 5.97 Å². The Bertz CT molecular complexity index is 529. The molecule has 0 radical (unpaired) electrons. The van der Waals surface area contributed by atoms with Gasteiger partial charge in [0.25, 0.3) is 0 Å². The summed E-state index contributed by atoms with van der Waals surface area (Å²) in [6.07, 6.45) is 1.62. The molecule has 6 heteroatoms. The van der Waals surface area contributed by atoms with Gasteiger partial charge in [0.15, 0.2) is 17.3 Å². The number of phenols is 2. The van der Waals surface area contributed by atoms with Crippen molar-refractivity contribution in [2.24, 2.45) is 0 Å². The van der Waals surface area contributed by atoms with E-state index < -0.39 is 24.0 Å². The molecule has 0 saturated heterocycles. The first-order valence-electron chi connectivity index (χ1n) is 4.89. The van der Waals surface area contributed by atoms with Crippen molar-refractivity contribution in [3.8, 4) is 11.5 Å². The van der Waals surface area contributed by atoms with Crippen LogP contribution in [-0.2, 0) is 14.4 Å². The van der Waals surface area contributed by atoms with Gasteiger partial charge in [-0.25, -0.2) is 4.79 Å². The van der Waals surface area contributed by atoms with Gasteiger partial charge in [-0.05, 0) is 23.8 Å². The number of carbonyl (C=O) groups is 3. The Morgan fingerprint density at radius 3 is 2.33 bits per heavy atom. The lowest BCUT2D eigenvalue weighted by molar-refractivity contribution is -0.149. The van der Waals surface area contributed by atoms with E-state index in [1.165, 1.54) is 24.3 Å². The van der Waals surface area contributed by atoms with Crippen LogP contribution in [0.3, 0.4) is 0 Å².